The minimum atomic E-state index is -0.885. The van der Waals surface area contributed by atoms with Crippen LogP contribution in [0.15, 0.2) is 59.7 Å². The van der Waals surface area contributed by atoms with Crippen molar-refractivity contribution in [2.24, 2.45) is 5.11 Å². The molecule has 0 unspecified atom stereocenters. The molecule has 0 radical (unpaired) electrons. The molecule has 35 heavy (non-hydrogen) atoms. The average molecular weight is 480 g/mol. The first-order valence-corrected chi connectivity index (χ1v) is 11.2. The number of hydrogen-bond acceptors (Lipinski definition) is 6. The molecule has 3 rings (SSSR count). The normalized spacial score (nSPS) is 17.3. The molecule has 0 N–H and O–H groups in total. The van der Waals surface area contributed by atoms with E-state index < -0.39 is 29.7 Å². The van der Waals surface area contributed by atoms with Crippen molar-refractivity contribution in [2.45, 2.75) is 51.4 Å². The Morgan fingerprint density at radius 2 is 1.77 bits per heavy atom. The molecule has 0 bridgehead atoms. The van der Waals surface area contributed by atoms with Gasteiger partial charge in [-0.05, 0) is 62.6 Å². The van der Waals surface area contributed by atoms with Crippen molar-refractivity contribution < 1.29 is 23.9 Å². The molecule has 10 heteroatoms. The van der Waals surface area contributed by atoms with Crippen LogP contribution in [0.25, 0.3) is 10.4 Å². The van der Waals surface area contributed by atoms with Crippen LogP contribution in [-0.2, 0) is 20.8 Å². The lowest BCUT2D eigenvalue weighted by molar-refractivity contribution is -0.123. The second kappa shape index (κ2) is 10.9. The molecular weight excluding hydrogens is 450 g/mol. The fourth-order valence-electron chi connectivity index (χ4n) is 3.86. The number of rotatable bonds is 6. The quantitative estimate of drug-likeness (QED) is 0.257. The third-order valence-electron chi connectivity index (χ3n) is 5.46. The van der Waals surface area contributed by atoms with Crippen LogP contribution < -0.4 is 4.90 Å². The molecule has 2 aromatic carbocycles. The van der Waals surface area contributed by atoms with Gasteiger partial charge in [0.05, 0.1) is 25.3 Å². The Kier molecular flexibility index (Phi) is 7.98. The number of esters is 1. The molecule has 10 nitrogen and oxygen atoms in total. The zero-order valence-electron chi connectivity index (χ0n) is 20.2. The fraction of sp³-hybridized carbons (Fsp3) is 0.400. The SMILES string of the molecule is COC(=O)c1ccc(N(Cc2ccccc2)C(=O)[C@@H]2C[C@H](N=[N+]=[N-])CN2C(=O)OC(C)(C)C)cc1. The van der Waals surface area contributed by atoms with Gasteiger partial charge in [0.15, 0.2) is 0 Å². The lowest BCUT2D eigenvalue weighted by Crippen LogP contribution is -2.49. The number of anilines is 1. The van der Waals surface area contributed by atoms with E-state index in [1.807, 2.05) is 30.3 Å². The third kappa shape index (κ3) is 6.51. The van der Waals surface area contributed by atoms with Crippen LogP contribution >= 0.6 is 0 Å². The number of nitrogens with zero attached hydrogens (tertiary/aromatic N) is 5. The van der Waals surface area contributed by atoms with Crippen LogP contribution in [0.5, 0.6) is 0 Å². The average Bonchev–Trinajstić information content (AvgIpc) is 3.26. The van der Waals surface area contributed by atoms with Gasteiger partial charge in [-0.3, -0.25) is 9.69 Å². The summed E-state index contributed by atoms with van der Waals surface area (Å²) < 4.78 is 10.3. The lowest BCUT2D eigenvalue weighted by atomic mass is 10.1. The van der Waals surface area contributed by atoms with Gasteiger partial charge < -0.3 is 14.4 Å². The molecule has 0 spiro atoms. The van der Waals surface area contributed by atoms with Crippen molar-refractivity contribution in [1.29, 1.82) is 0 Å². The highest BCUT2D eigenvalue weighted by Gasteiger charge is 2.43. The number of amides is 2. The van der Waals surface area contributed by atoms with Crippen LogP contribution in [0.1, 0.15) is 43.1 Å². The summed E-state index contributed by atoms with van der Waals surface area (Å²) in [4.78, 5) is 44.4. The van der Waals surface area contributed by atoms with E-state index in [0.29, 0.717) is 11.3 Å². The highest BCUT2D eigenvalue weighted by atomic mass is 16.6. The maximum absolute atomic E-state index is 13.9. The Bertz CT molecular complexity index is 1110. The molecule has 2 atom stereocenters. The molecule has 1 aliphatic rings. The Morgan fingerprint density at radius 3 is 2.34 bits per heavy atom. The van der Waals surface area contributed by atoms with Gasteiger partial charge in [-0.2, -0.15) is 0 Å². The van der Waals surface area contributed by atoms with Gasteiger partial charge in [0.2, 0.25) is 5.91 Å². The first-order chi connectivity index (χ1) is 16.6. The third-order valence-corrected chi connectivity index (χ3v) is 5.46. The monoisotopic (exact) mass is 479 g/mol. The van der Waals surface area contributed by atoms with Crippen LogP contribution in [0.2, 0.25) is 0 Å². The fourth-order valence-corrected chi connectivity index (χ4v) is 3.86. The van der Waals surface area contributed by atoms with Gasteiger partial charge in [0, 0.05) is 17.1 Å². The second-order valence-electron chi connectivity index (χ2n) is 9.19. The summed E-state index contributed by atoms with van der Waals surface area (Å²) in [6.07, 6.45) is -0.472. The van der Waals surface area contributed by atoms with Gasteiger partial charge in [-0.25, -0.2) is 9.59 Å². The molecule has 1 saturated heterocycles. The molecule has 184 valence electrons. The number of hydrogen-bond donors (Lipinski definition) is 0. The number of benzene rings is 2. The summed E-state index contributed by atoms with van der Waals surface area (Å²) >= 11 is 0. The van der Waals surface area contributed by atoms with Crippen molar-refractivity contribution in [1.82, 2.24) is 4.90 Å². The van der Waals surface area contributed by atoms with E-state index in [9.17, 15) is 14.4 Å². The molecule has 2 amide bonds. The van der Waals surface area contributed by atoms with E-state index in [1.54, 1.807) is 49.9 Å². The number of methoxy groups -OCH3 is 1. The van der Waals surface area contributed by atoms with Gasteiger partial charge in [-0.15, -0.1) is 0 Å². The molecular formula is C25H29N5O5. The summed E-state index contributed by atoms with van der Waals surface area (Å²) in [6.45, 7) is 5.55. The number of carbonyl (C=O) groups excluding carboxylic acids is 3. The lowest BCUT2D eigenvalue weighted by Gasteiger charge is -2.32. The van der Waals surface area contributed by atoms with Gasteiger partial charge >= 0.3 is 12.1 Å². The number of azide groups is 1. The zero-order valence-corrected chi connectivity index (χ0v) is 20.2. The van der Waals surface area contributed by atoms with Crippen LogP contribution in [-0.4, -0.2) is 54.2 Å². The van der Waals surface area contributed by atoms with Crippen molar-refractivity contribution in [3.63, 3.8) is 0 Å². The maximum Gasteiger partial charge on any atom is 0.410 e. The Labute approximate surface area is 204 Å². The Morgan fingerprint density at radius 1 is 1.11 bits per heavy atom. The van der Waals surface area contributed by atoms with Gasteiger partial charge in [0.1, 0.15) is 11.6 Å². The van der Waals surface area contributed by atoms with E-state index in [0.717, 1.165) is 5.56 Å². The van der Waals surface area contributed by atoms with Crippen molar-refractivity contribution in [3.8, 4) is 0 Å². The predicted octanol–water partition coefficient (Wildman–Crippen LogP) is 4.69. The molecule has 0 aliphatic carbocycles. The van der Waals surface area contributed by atoms with E-state index in [-0.39, 0.29) is 25.4 Å². The van der Waals surface area contributed by atoms with E-state index in [1.165, 1.54) is 12.0 Å². The Balaban J connectivity index is 1.97. The zero-order chi connectivity index (χ0) is 25.6. The topological polar surface area (TPSA) is 125 Å². The summed E-state index contributed by atoms with van der Waals surface area (Å²) in [5.41, 5.74) is 9.95. The minimum absolute atomic E-state index is 0.0792. The first-order valence-electron chi connectivity index (χ1n) is 11.2. The van der Waals surface area contributed by atoms with E-state index >= 15 is 0 Å². The number of carbonyl (C=O) groups is 3. The molecule has 0 aromatic heterocycles. The van der Waals surface area contributed by atoms with Crippen LogP contribution in [0.3, 0.4) is 0 Å². The highest BCUT2D eigenvalue weighted by Crippen LogP contribution is 2.28. The molecule has 1 aliphatic heterocycles. The van der Waals surface area contributed by atoms with E-state index in [4.69, 9.17) is 15.0 Å². The largest absolute Gasteiger partial charge is 0.465 e. The van der Waals surface area contributed by atoms with Gasteiger partial charge in [0.25, 0.3) is 0 Å². The highest BCUT2D eigenvalue weighted by molar-refractivity contribution is 5.99. The molecule has 1 heterocycles. The van der Waals surface area contributed by atoms with Gasteiger partial charge in [-0.1, -0.05) is 35.4 Å². The predicted molar refractivity (Wildman–Crippen MR) is 130 cm³/mol. The smallest absolute Gasteiger partial charge is 0.410 e. The molecule has 2 aromatic rings. The van der Waals surface area contributed by atoms with Crippen LogP contribution in [0.4, 0.5) is 10.5 Å². The number of ether oxygens (including phenoxy) is 2. The molecule has 0 saturated carbocycles. The summed E-state index contributed by atoms with van der Waals surface area (Å²) in [5, 5.41) is 3.75. The summed E-state index contributed by atoms with van der Waals surface area (Å²) in [7, 11) is 1.30. The van der Waals surface area contributed by atoms with Crippen LogP contribution in [0, 0.1) is 0 Å². The molecule has 1 fully saturated rings. The second-order valence-corrected chi connectivity index (χ2v) is 9.19. The maximum atomic E-state index is 13.9. The minimum Gasteiger partial charge on any atom is -0.465 e. The number of likely N-dealkylation sites (tertiary alicyclic amines) is 1. The van der Waals surface area contributed by atoms with Crippen molar-refractivity contribution >= 4 is 23.7 Å². The standard InChI is InChI=1S/C25H29N5O5/c1-25(2,3)35-24(33)30-16-19(27-28-26)14-21(30)22(31)29(15-17-8-6-5-7-9-17)20-12-10-18(11-13-20)23(32)34-4/h5-13,19,21H,14-16H2,1-4H3/t19-,21-/m0/s1. The van der Waals surface area contributed by atoms with Crippen molar-refractivity contribution in [3.05, 3.63) is 76.2 Å². The first kappa shape index (κ1) is 25.6. The Hall–Kier alpha value is -4.04. The van der Waals surface area contributed by atoms with Crippen molar-refractivity contribution in [2.75, 3.05) is 18.6 Å². The summed E-state index contributed by atoms with van der Waals surface area (Å²) in [5.74, 6) is -0.831. The van der Waals surface area contributed by atoms with E-state index in [2.05, 4.69) is 10.0 Å². The summed E-state index contributed by atoms with van der Waals surface area (Å²) in [6, 6.07) is 14.5.